The maximum Gasteiger partial charge on any atom is 0.352 e. The van der Waals surface area contributed by atoms with Gasteiger partial charge < -0.3 is 9.84 Å². The van der Waals surface area contributed by atoms with Gasteiger partial charge in [-0.05, 0) is 31.8 Å². The van der Waals surface area contributed by atoms with Crippen LogP contribution >= 0.6 is 0 Å². The molecule has 0 aromatic heterocycles. The summed E-state index contributed by atoms with van der Waals surface area (Å²) in [4.78, 5) is 25.0. The average molecular weight is 263 g/mol. The van der Waals surface area contributed by atoms with Gasteiger partial charge in [-0.15, -0.1) is 0 Å². The lowest BCUT2D eigenvalue weighted by molar-refractivity contribution is -0.142. The van der Waals surface area contributed by atoms with Gasteiger partial charge in [0, 0.05) is 18.6 Å². The zero-order valence-electron chi connectivity index (χ0n) is 11.0. The highest BCUT2D eigenvalue weighted by molar-refractivity contribution is 6.09. The highest BCUT2D eigenvalue weighted by Crippen LogP contribution is 2.51. The first-order chi connectivity index (χ1) is 9.11. The summed E-state index contributed by atoms with van der Waals surface area (Å²) in [6.07, 6.45) is 4.41. The number of nitrogens with zero attached hydrogens (tertiary/aromatic N) is 1. The molecule has 2 heterocycles. The SMILES string of the molecule is C/C=C1/C(=O)N2C(C(=O)O)=C3[C@@H](CCC[C@H]3OC)C12. The third-order valence-electron chi connectivity index (χ3n) is 4.48. The summed E-state index contributed by atoms with van der Waals surface area (Å²) in [6.45, 7) is 1.83. The topological polar surface area (TPSA) is 66.8 Å². The molecule has 19 heavy (non-hydrogen) atoms. The molecule has 3 atom stereocenters. The second kappa shape index (κ2) is 4.20. The van der Waals surface area contributed by atoms with Gasteiger partial charge in [0.15, 0.2) is 0 Å². The van der Waals surface area contributed by atoms with E-state index in [-0.39, 0.29) is 29.7 Å². The lowest BCUT2D eigenvalue weighted by Crippen LogP contribution is -2.54. The second-order valence-electron chi connectivity index (χ2n) is 5.23. The van der Waals surface area contributed by atoms with Crippen LogP contribution in [0.15, 0.2) is 22.9 Å². The number of ether oxygens (including phenoxy) is 1. The molecule has 0 aromatic carbocycles. The van der Waals surface area contributed by atoms with Gasteiger partial charge in [-0.3, -0.25) is 9.69 Å². The van der Waals surface area contributed by atoms with Crippen LogP contribution in [0.4, 0.5) is 0 Å². The molecule has 0 aromatic rings. The van der Waals surface area contributed by atoms with E-state index in [1.54, 1.807) is 7.11 Å². The van der Waals surface area contributed by atoms with Crippen LogP contribution in [0.25, 0.3) is 0 Å². The van der Waals surface area contributed by atoms with Crippen LogP contribution in [-0.4, -0.2) is 41.1 Å². The van der Waals surface area contributed by atoms with Crippen molar-refractivity contribution in [2.75, 3.05) is 7.11 Å². The van der Waals surface area contributed by atoms with E-state index in [0.717, 1.165) is 30.4 Å². The van der Waals surface area contributed by atoms with Gasteiger partial charge >= 0.3 is 5.97 Å². The molecule has 5 nitrogen and oxygen atoms in total. The quantitative estimate of drug-likeness (QED) is 0.602. The van der Waals surface area contributed by atoms with Crippen molar-refractivity contribution in [3.8, 4) is 0 Å². The van der Waals surface area contributed by atoms with E-state index in [2.05, 4.69) is 0 Å². The monoisotopic (exact) mass is 263 g/mol. The Morgan fingerprint density at radius 1 is 1.47 bits per heavy atom. The number of carboxylic acid groups (broad SMARTS) is 1. The molecule has 2 fully saturated rings. The Bertz CT molecular complexity index is 520. The maximum absolute atomic E-state index is 12.0. The molecule has 1 amide bonds. The number of rotatable bonds is 2. The van der Waals surface area contributed by atoms with Crippen molar-refractivity contribution in [3.05, 3.63) is 22.9 Å². The Kier molecular flexibility index (Phi) is 2.74. The molecule has 0 radical (unpaired) electrons. The van der Waals surface area contributed by atoms with E-state index in [1.807, 2.05) is 13.0 Å². The summed E-state index contributed by atoms with van der Waals surface area (Å²) in [5, 5.41) is 9.44. The Balaban J connectivity index is 2.10. The number of allylic oxidation sites excluding steroid dienone is 1. The van der Waals surface area contributed by atoms with Crippen molar-refractivity contribution >= 4 is 11.9 Å². The number of hydrogen-bond donors (Lipinski definition) is 1. The molecular formula is C14H17NO4. The van der Waals surface area contributed by atoms with Crippen molar-refractivity contribution < 1.29 is 19.4 Å². The molecule has 1 saturated heterocycles. The van der Waals surface area contributed by atoms with E-state index in [9.17, 15) is 14.7 Å². The third kappa shape index (κ3) is 1.45. The molecule has 1 saturated carbocycles. The largest absolute Gasteiger partial charge is 0.477 e. The molecule has 1 aliphatic carbocycles. The van der Waals surface area contributed by atoms with E-state index in [4.69, 9.17) is 4.74 Å². The van der Waals surface area contributed by atoms with Gasteiger partial charge in [-0.1, -0.05) is 6.08 Å². The van der Waals surface area contributed by atoms with E-state index in [1.165, 1.54) is 4.90 Å². The zero-order chi connectivity index (χ0) is 13.7. The van der Waals surface area contributed by atoms with E-state index < -0.39 is 5.97 Å². The Hall–Kier alpha value is -1.62. The third-order valence-corrected chi connectivity index (χ3v) is 4.48. The van der Waals surface area contributed by atoms with Gasteiger partial charge in [0.05, 0.1) is 12.1 Å². The molecule has 0 spiro atoms. The Morgan fingerprint density at radius 3 is 2.79 bits per heavy atom. The van der Waals surface area contributed by atoms with Crippen LogP contribution in [0, 0.1) is 5.92 Å². The molecular weight excluding hydrogens is 246 g/mol. The molecule has 3 aliphatic rings. The number of methoxy groups -OCH3 is 1. The summed E-state index contributed by atoms with van der Waals surface area (Å²) < 4.78 is 5.44. The molecule has 1 unspecified atom stereocenters. The van der Waals surface area contributed by atoms with Crippen LogP contribution in [-0.2, 0) is 14.3 Å². The van der Waals surface area contributed by atoms with Crippen molar-refractivity contribution in [2.24, 2.45) is 5.92 Å². The fourth-order valence-electron chi connectivity index (χ4n) is 3.74. The lowest BCUT2D eigenvalue weighted by atomic mass is 9.75. The number of carboxylic acids is 1. The van der Waals surface area contributed by atoms with Crippen LogP contribution in [0.2, 0.25) is 0 Å². The van der Waals surface area contributed by atoms with Crippen LogP contribution in [0.1, 0.15) is 26.2 Å². The smallest absolute Gasteiger partial charge is 0.352 e. The van der Waals surface area contributed by atoms with Crippen LogP contribution < -0.4 is 0 Å². The first kappa shape index (κ1) is 12.4. The lowest BCUT2D eigenvalue weighted by Gasteiger charge is -2.41. The Morgan fingerprint density at radius 2 is 2.21 bits per heavy atom. The van der Waals surface area contributed by atoms with Gasteiger partial charge in [-0.25, -0.2) is 4.79 Å². The first-order valence-corrected chi connectivity index (χ1v) is 6.61. The number of β-lactam (4-membered cyclic amide) rings is 1. The molecule has 5 heteroatoms. The molecule has 102 valence electrons. The van der Waals surface area contributed by atoms with Crippen LogP contribution in [0.5, 0.6) is 0 Å². The highest BCUT2D eigenvalue weighted by Gasteiger charge is 2.58. The predicted molar refractivity (Wildman–Crippen MR) is 67.2 cm³/mol. The van der Waals surface area contributed by atoms with Gasteiger partial charge in [-0.2, -0.15) is 0 Å². The minimum absolute atomic E-state index is 0.0726. The van der Waals surface area contributed by atoms with E-state index in [0.29, 0.717) is 0 Å². The van der Waals surface area contributed by atoms with Crippen molar-refractivity contribution in [2.45, 2.75) is 38.3 Å². The molecule has 1 N–H and O–H groups in total. The second-order valence-corrected chi connectivity index (χ2v) is 5.23. The number of carbonyl (C=O) groups excluding carboxylic acids is 1. The fraction of sp³-hybridized carbons (Fsp3) is 0.571. The normalized spacial score (nSPS) is 35.3. The minimum atomic E-state index is -1.02. The fourth-order valence-corrected chi connectivity index (χ4v) is 3.74. The summed E-state index contributed by atoms with van der Waals surface area (Å²) in [7, 11) is 1.60. The summed E-state index contributed by atoms with van der Waals surface area (Å²) in [6, 6.07) is -0.0726. The number of carbonyl (C=O) groups is 2. The summed E-state index contributed by atoms with van der Waals surface area (Å²) in [5.74, 6) is -1.06. The van der Waals surface area contributed by atoms with Gasteiger partial charge in [0.25, 0.3) is 5.91 Å². The van der Waals surface area contributed by atoms with Crippen molar-refractivity contribution in [1.82, 2.24) is 4.90 Å². The van der Waals surface area contributed by atoms with Crippen molar-refractivity contribution in [1.29, 1.82) is 0 Å². The van der Waals surface area contributed by atoms with Gasteiger partial charge in [0.1, 0.15) is 5.70 Å². The van der Waals surface area contributed by atoms with Crippen molar-refractivity contribution in [3.63, 3.8) is 0 Å². The van der Waals surface area contributed by atoms with Crippen LogP contribution in [0.3, 0.4) is 0 Å². The predicted octanol–water partition coefficient (Wildman–Crippen LogP) is 1.31. The minimum Gasteiger partial charge on any atom is -0.477 e. The average Bonchev–Trinajstić information content (AvgIpc) is 2.70. The summed E-state index contributed by atoms with van der Waals surface area (Å²) in [5.41, 5.74) is 1.73. The number of fused-ring (bicyclic) bond motifs is 3. The zero-order valence-corrected chi connectivity index (χ0v) is 11.0. The number of hydrogen-bond acceptors (Lipinski definition) is 3. The maximum atomic E-state index is 12.0. The highest BCUT2D eigenvalue weighted by atomic mass is 16.5. The Labute approximate surface area is 111 Å². The molecule has 3 rings (SSSR count). The van der Waals surface area contributed by atoms with E-state index >= 15 is 0 Å². The molecule has 2 aliphatic heterocycles. The standard InChI is InChI=1S/C14H17NO4/c1-3-7-11-8-5-4-6-9(19-2)10(8)12(14(17)18)15(11)13(7)16/h3,8-9,11H,4-6H2,1-2H3,(H,17,18)/b7-3+/t8-,9-,11?/m1/s1. The first-order valence-electron chi connectivity index (χ1n) is 6.61. The van der Waals surface area contributed by atoms with Gasteiger partial charge in [0.2, 0.25) is 0 Å². The number of aliphatic carboxylic acids is 1. The molecule has 0 bridgehead atoms. The number of amides is 1. The summed E-state index contributed by atoms with van der Waals surface area (Å²) >= 11 is 0.